The molecule has 2 amide bonds. The Bertz CT molecular complexity index is 482. The minimum absolute atomic E-state index is 0.00229. The molecule has 5 nitrogen and oxygen atoms in total. The number of benzene rings is 1. The van der Waals surface area contributed by atoms with Crippen LogP contribution in [0.1, 0.15) is 10.4 Å². The van der Waals surface area contributed by atoms with Crippen molar-refractivity contribution in [2.75, 3.05) is 39.8 Å². The number of halogens is 1. The number of nitrogens with one attached hydrogen (secondary N) is 1. The van der Waals surface area contributed by atoms with E-state index in [1.807, 2.05) is 9.80 Å². The molecule has 0 saturated carbocycles. The molecule has 0 bridgehead atoms. The van der Waals surface area contributed by atoms with Crippen LogP contribution in [-0.4, -0.2) is 61.4 Å². The zero-order chi connectivity index (χ0) is 14.5. The van der Waals surface area contributed by atoms with Gasteiger partial charge in [0, 0.05) is 43.8 Å². The van der Waals surface area contributed by atoms with Crippen molar-refractivity contribution >= 4 is 23.4 Å². The van der Waals surface area contributed by atoms with Gasteiger partial charge in [-0.3, -0.25) is 14.5 Å². The van der Waals surface area contributed by atoms with Crippen LogP contribution in [0.3, 0.4) is 0 Å². The SMILES string of the molecule is CNC(=O)CN1CCN(C(=O)c2ccc(Cl)cc2)CC1. The summed E-state index contributed by atoms with van der Waals surface area (Å²) in [6.45, 7) is 3.09. The third-order valence-corrected chi connectivity index (χ3v) is 3.65. The monoisotopic (exact) mass is 295 g/mol. The second-order valence-corrected chi connectivity index (χ2v) is 5.18. The van der Waals surface area contributed by atoms with Crippen molar-refractivity contribution in [2.45, 2.75) is 0 Å². The number of hydrogen-bond acceptors (Lipinski definition) is 3. The summed E-state index contributed by atoms with van der Waals surface area (Å²) in [4.78, 5) is 27.4. The molecular weight excluding hydrogens is 278 g/mol. The van der Waals surface area contributed by atoms with E-state index in [9.17, 15) is 9.59 Å². The first-order valence-corrected chi connectivity index (χ1v) is 6.95. The van der Waals surface area contributed by atoms with Crippen molar-refractivity contribution in [3.05, 3.63) is 34.9 Å². The van der Waals surface area contributed by atoms with Gasteiger partial charge in [-0.2, -0.15) is 0 Å². The number of carbonyl (C=O) groups excluding carboxylic acids is 2. The van der Waals surface area contributed by atoms with Crippen LogP contribution in [0.5, 0.6) is 0 Å². The average molecular weight is 296 g/mol. The first kappa shape index (κ1) is 14.8. The molecule has 6 heteroatoms. The fraction of sp³-hybridized carbons (Fsp3) is 0.429. The van der Waals surface area contributed by atoms with Crippen molar-refractivity contribution < 1.29 is 9.59 Å². The van der Waals surface area contributed by atoms with E-state index < -0.39 is 0 Å². The molecule has 1 aliphatic rings. The summed E-state index contributed by atoms with van der Waals surface area (Å²) in [6, 6.07) is 6.91. The molecule has 1 saturated heterocycles. The van der Waals surface area contributed by atoms with Crippen LogP contribution < -0.4 is 5.32 Å². The highest BCUT2D eigenvalue weighted by molar-refractivity contribution is 6.30. The fourth-order valence-electron chi connectivity index (χ4n) is 2.17. The van der Waals surface area contributed by atoms with Crippen molar-refractivity contribution in [3.8, 4) is 0 Å². The van der Waals surface area contributed by atoms with Gasteiger partial charge in [-0.15, -0.1) is 0 Å². The van der Waals surface area contributed by atoms with Crippen LogP contribution in [0.2, 0.25) is 5.02 Å². The van der Waals surface area contributed by atoms with Gasteiger partial charge in [0.15, 0.2) is 0 Å². The number of nitrogens with zero attached hydrogens (tertiary/aromatic N) is 2. The maximum atomic E-state index is 12.3. The topological polar surface area (TPSA) is 52.7 Å². The van der Waals surface area contributed by atoms with E-state index >= 15 is 0 Å². The Morgan fingerprint density at radius 1 is 1.15 bits per heavy atom. The van der Waals surface area contributed by atoms with Gasteiger partial charge in [0.2, 0.25) is 5.91 Å². The Morgan fingerprint density at radius 3 is 2.30 bits per heavy atom. The molecule has 1 aliphatic heterocycles. The molecule has 0 spiro atoms. The highest BCUT2D eigenvalue weighted by Crippen LogP contribution is 2.13. The van der Waals surface area contributed by atoms with E-state index in [0.717, 1.165) is 0 Å². The molecule has 1 fully saturated rings. The largest absolute Gasteiger partial charge is 0.358 e. The van der Waals surface area contributed by atoms with Crippen LogP contribution >= 0.6 is 11.6 Å². The summed E-state index contributed by atoms with van der Waals surface area (Å²) in [6.07, 6.45) is 0. The van der Waals surface area contributed by atoms with Gasteiger partial charge >= 0.3 is 0 Å². The molecule has 1 aromatic rings. The third-order valence-electron chi connectivity index (χ3n) is 3.40. The minimum atomic E-state index is 0.00229. The normalized spacial score (nSPS) is 16.0. The summed E-state index contributed by atoms with van der Waals surface area (Å²) in [5, 5.41) is 3.23. The zero-order valence-electron chi connectivity index (χ0n) is 11.4. The lowest BCUT2D eigenvalue weighted by molar-refractivity contribution is -0.122. The molecule has 1 N–H and O–H groups in total. The Balaban J connectivity index is 1.88. The first-order valence-electron chi connectivity index (χ1n) is 6.58. The van der Waals surface area contributed by atoms with Crippen molar-refractivity contribution in [2.24, 2.45) is 0 Å². The highest BCUT2D eigenvalue weighted by Gasteiger charge is 2.22. The summed E-state index contributed by atoms with van der Waals surface area (Å²) in [5.41, 5.74) is 0.647. The molecule has 1 aromatic carbocycles. The van der Waals surface area contributed by atoms with Gasteiger partial charge in [0.25, 0.3) is 5.91 Å². The van der Waals surface area contributed by atoms with E-state index in [1.54, 1.807) is 31.3 Å². The molecule has 20 heavy (non-hydrogen) atoms. The van der Waals surface area contributed by atoms with E-state index in [-0.39, 0.29) is 11.8 Å². The quantitative estimate of drug-likeness (QED) is 0.899. The average Bonchev–Trinajstić information content (AvgIpc) is 2.48. The predicted octanol–water partition coefficient (Wildman–Crippen LogP) is 0.844. The Labute approximate surface area is 123 Å². The molecule has 108 valence electrons. The molecule has 0 atom stereocenters. The number of amides is 2. The molecule has 1 heterocycles. The smallest absolute Gasteiger partial charge is 0.253 e. The molecule has 0 aromatic heterocycles. The van der Waals surface area contributed by atoms with Crippen LogP contribution in [0.25, 0.3) is 0 Å². The summed E-state index contributed by atoms with van der Waals surface area (Å²) < 4.78 is 0. The van der Waals surface area contributed by atoms with Crippen LogP contribution in [-0.2, 0) is 4.79 Å². The van der Waals surface area contributed by atoms with E-state index in [0.29, 0.717) is 43.3 Å². The third kappa shape index (κ3) is 3.71. The lowest BCUT2D eigenvalue weighted by Gasteiger charge is -2.34. The zero-order valence-corrected chi connectivity index (χ0v) is 12.2. The van der Waals surface area contributed by atoms with Gasteiger partial charge in [0.1, 0.15) is 0 Å². The van der Waals surface area contributed by atoms with Gasteiger partial charge in [-0.05, 0) is 24.3 Å². The van der Waals surface area contributed by atoms with E-state index in [2.05, 4.69) is 5.32 Å². The summed E-state index contributed by atoms with van der Waals surface area (Å²) >= 11 is 5.81. The molecule has 0 aliphatic carbocycles. The minimum Gasteiger partial charge on any atom is -0.358 e. The van der Waals surface area contributed by atoms with Crippen molar-refractivity contribution in [1.29, 1.82) is 0 Å². The highest BCUT2D eigenvalue weighted by atomic mass is 35.5. The van der Waals surface area contributed by atoms with Gasteiger partial charge in [0.05, 0.1) is 6.54 Å². The number of carbonyl (C=O) groups is 2. The van der Waals surface area contributed by atoms with E-state index in [1.165, 1.54) is 0 Å². The second kappa shape index (κ2) is 6.72. The Kier molecular flexibility index (Phi) is 4.98. The Morgan fingerprint density at radius 2 is 1.75 bits per heavy atom. The number of hydrogen-bond donors (Lipinski definition) is 1. The summed E-state index contributed by atoms with van der Waals surface area (Å²) in [5.74, 6) is 0.0173. The maximum Gasteiger partial charge on any atom is 0.253 e. The number of rotatable bonds is 3. The standard InChI is InChI=1S/C14H18ClN3O2/c1-16-13(19)10-17-6-8-18(9-7-17)14(20)11-2-4-12(15)5-3-11/h2-5H,6-10H2,1H3,(H,16,19). The molecule has 2 rings (SSSR count). The molecular formula is C14H18ClN3O2. The maximum absolute atomic E-state index is 12.3. The van der Waals surface area contributed by atoms with Crippen molar-refractivity contribution in [1.82, 2.24) is 15.1 Å². The van der Waals surface area contributed by atoms with Crippen LogP contribution in [0.4, 0.5) is 0 Å². The second-order valence-electron chi connectivity index (χ2n) is 4.75. The lowest BCUT2D eigenvalue weighted by Crippen LogP contribution is -2.50. The van der Waals surface area contributed by atoms with Gasteiger partial charge < -0.3 is 10.2 Å². The summed E-state index contributed by atoms with van der Waals surface area (Å²) in [7, 11) is 1.63. The van der Waals surface area contributed by atoms with Gasteiger partial charge in [-0.1, -0.05) is 11.6 Å². The van der Waals surface area contributed by atoms with E-state index in [4.69, 9.17) is 11.6 Å². The number of piperazine rings is 1. The predicted molar refractivity (Wildman–Crippen MR) is 77.9 cm³/mol. The van der Waals surface area contributed by atoms with Crippen LogP contribution in [0, 0.1) is 0 Å². The molecule has 0 radical (unpaired) electrons. The fourth-order valence-corrected chi connectivity index (χ4v) is 2.29. The van der Waals surface area contributed by atoms with Crippen molar-refractivity contribution in [3.63, 3.8) is 0 Å². The van der Waals surface area contributed by atoms with Gasteiger partial charge in [-0.25, -0.2) is 0 Å². The first-order chi connectivity index (χ1) is 9.60. The molecule has 0 unspecified atom stereocenters. The van der Waals surface area contributed by atoms with Crippen LogP contribution in [0.15, 0.2) is 24.3 Å². The number of likely N-dealkylation sites (N-methyl/N-ethyl adjacent to an activating group) is 1. The Hall–Kier alpha value is -1.59. The lowest BCUT2D eigenvalue weighted by atomic mass is 10.2.